The average molecular weight is 528 g/mol. The van der Waals surface area contributed by atoms with E-state index in [1.807, 2.05) is 66.0 Å². The number of benzene rings is 2. The number of amides is 2. The molecule has 0 aliphatic carbocycles. The van der Waals surface area contributed by atoms with Crippen molar-refractivity contribution in [2.75, 3.05) is 12.5 Å². The van der Waals surface area contributed by atoms with Gasteiger partial charge in [0.1, 0.15) is 17.1 Å². The molecule has 9 heteroatoms. The second-order valence-electron chi connectivity index (χ2n) is 10.0. The molecule has 3 rings (SSSR count). The lowest BCUT2D eigenvalue weighted by atomic mass is 9.80. The molecule has 4 atom stereocenters. The minimum atomic E-state index is -1.52. The van der Waals surface area contributed by atoms with Crippen LogP contribution in [0.2, 0.25) is 0 Å². The first-order valence-corrected chi connectivity index (χ1v) is 13.8. The van der Waals surface area contributed by atoms with Gasteiger partial charge in [0.05, 0.1) is 18.1 Å². The first-order valence-electron chi connectivity index (χ1n) is 12.3. The molecule has 200 valence electrons. The van der Waals surface area contributed by atoms with Crippen molar-refractivity contribution in [3.8, 4) is 0 Å². The maximum absolute atomic E-state index is 12.7. The normalized spacial score (nSPS) is 18.1. The summed E-state index contributed by atoms with van der Waals surface area (Å²) in [6, 6.07) is 17.6. The Hall–Kier alpha value is -3.17. The van der Waals surface area contributed by atoms with E-state index in [2.05, 4.69) is 15.6 Å². The molecule has 1 aliphatic rings. The van der Waals surface area contributed by atoms with Crippen molar-refractivity contribution in [2.24, 2.45) is 4.99 Å². The van der Waals surface area contributed by atoms with E-state index in [4.69, 9.17) is 9.47 Å². The molecule has 1 heterocycles. The van der Waals surface area contributed by atoms with Gasteiger partial charge in [0.2, 0.25) is 0 Å². The number of carbonyl (C=O) groups is 2. The van der Waals surface area contributed by atoms with Crippen LogP contribution >= 0.6 is 10.5 Å². The van der Waals surface area contributed by atoms with Crippen molar-refractivity contribution >= 4 is 33.6 Å². The molecule has 0 saturated heterocycles. The van der Waals surface area contributed by atoms with Gasteiger partial charge in [-0.25, -0.2) is 9.59 Å². The minimum Gasteiger partial charge on any atom is -0.444 e. The number of aliphatic imine (C=N–C) groups is 1. The second-order valence-corrected chi connectivity index (χ2v) is 11.8. The average Bonchev–Trinajstić information content (AvgIpc) is 3.36. The van der Waals surface area contributed by atoms with Gasteiger partial charge in [-0.1, -0.05) is 60.7 Å². The molecule has 1 unspecified atom stereocenters. The van der Waals surface area contributed by atoms with Crippen LogP contribution in [-0.4, -0.2) is 58.4 Å². The molecule has 37 heavy (non-hydrogen) atoms. The molecule has 1 aliphatic heterocycles. The van der Waals surface area contributed by atoms with Crippen LogP contribution in [0.3, 0.4) is 0 Å². The summed E-state index contributed by atoms with van der Waals surface area (Å²) < 4.78 is 10.9. The highest BCUT2D eigenvalue weighted by molar-refractivity contribution is 8.26. The lowest BCUT2D eigenvalue weighted by Gasteiger charge is -2.38. The highest BCUT2D eigenvalue weighted by Crippen LogP contribution is 2.32. The van der Waals surface area contributed by atoms with Gasteiger partial charge >= 0.3 is 12.2 Å². The number of ether oxygens (including phenoxy) is 2. The Balaban J connectivity index is 1.82. The second kappa shape index (κ2) is 12.9. The van der Waals surface area contributed by atoms with Gasteiger partial charge < -0.3 is 25.2 Å². The van der Waals surface area contributed by atoms with Crippen LogP contribution in [0, 0.1) is 0 Å². The summed E-state index contributed by atoms with van der Waals surface area (Å²) in [4.78, 5) is 29.5. The van der Waals surface area contributed by atoms with Gasteiger partial charge in [0.25, 0.3) is 0 Å². The molecule has 3 N–H and O–H groups in total. The van der Waals surface area contributed by atoms with E-state index in [0.29, 0.717) is 18.5 Å². The number of rotatable bonds is 10. The topological polar surface area (TPSA) is 109 Å². The number of hydrogen-bond donors (Lipinski definition) is 3. The standard InChI is InChI=1S/C28H37N3O5S/c1-21(30-25(32)35-20-37-16-15-29-19-37)28(34,23-13-9-6-10-14-23)18-24(17-22-11-7-5-8-12-22)31-26(33)36-27(2,3)4/h5-14,16,19,21,24,34H,15,17-18,20H2,1-4H3,(H,30,32)(H,31,33)/t21-,24-,28+,37?/m0/s1. The van der Waals surface area contributed by atoms with Gasteiger partial charge in [0, 0.05) is 12.5 Å². The number of carbonyl (C=O) groups excluding carboxylic acids is 2. The first-order chi connectivity index (χ1) is 17.5. The SMILES string of the molecule is C[C@H](NC(=O)OCS1=CCN=C1)[C@](O)(C[C@H](Cc1ccccc1)NC(=O)OC(C)(C)C)c1ccccc1. The molecule has 2 amide bonds. The fraction of sp³-hybridized carbons (Fsp3) is 0.429. The third kappa shape index (κ3) is 9.02. The third-order valence-electron chi connectivity index (χ3n) is 5.86. The fourth-order valence-corrected chi connectivity index (χ4v) is 5.09. The molecule has 8 nitrogen and oxygen atoms in total. The largest absolute Gasteiger partial charge is 0.444 e. The van der Waals surface area contributed by atoms with E-state index < -0.39 is 35.5 Å². The smallest absolute Gasteiger partial charge is 0.408 e. The monoisotopic (exact) mass is 527 g/mol. The summed E-state index contributed by atoms with van der Waals surface area (Å²) in [6.45, 7) is 7.75. The Morgan fingerprint density at radius 1 is 1.03 bits per heavy atom. The fourth-order valence-electron chi connectivity index (χ4n) is 4.05. The third-order valence-corrected chi connectivity index (χ3v) is 7.24. The molecule has 0 radical (unpaired) electrons. The predicted molar refractivity (Wildman–Crippen MR) is 149 cm³/mol. The highest BCUT2D eigenvalue weighted by atomic mass is 32.2. The summed E-state index contributed by atoms with van der Waals surface area (Å²) in [6.07, 6.45) is -0.607. The van der Waals surface area contributed by atoms with Crippen molar-refractivity contribution in [1.82, 2.24) is 10.6 Å². The first kappa shape index (κ1) is 28.4. The molecular weight excluding hydrogens is 490 g/mol. The summed E-state index contributed by atoms with van der Waals surface area (Å²) >= 11 is 0. The number of aliphatic hydroxyl groups is 1. The van der Waals surface area contributed by atoms with Crippen LogP contribution in [0.5, 0.6) is 0 Å². The van der Waals surface area contributed by atoms with Crippen LogP contribution in [0.15, 0.2) is 65.7 Å². The highest BCUT2D eigenvalue weighted by Gasteiger charge is 2.40. The van der Waals surface area contributed by atoms with Crippen LogP contribution in [0.4, 0.5) is 9.59 Å². The van der Waals surface area contributed by atoms with Crippen LogP contribution in [0.1, 0.15) is 45.2 Å². The lowest BCUT2D eigenvalue weighted by Crippen LogP contribution is -2.53. The Morgan fingerprint density at radius 3 is 2.27 bits per heavy atom. The van der Waals surface area contributed by atoms with Crippen molar-refractivity contribution < 1.29 is 24.2 Å². The predicted octanol–water partition coefficient (Wildman–Crippen LogP) is 4.59. The van der Waals surface area contributed by atoms with Crippen molar-refractivity contribution in [2.45, 2.75) is 63.8 Å². The van der Waals surface area contributed by atoms with E-state index in [1.165, 1.54) is 0 Å². The summed E-state index contributed by atoms with van der Waals surface area (Å²) in [7, 11) is -0.291. The number of nitrogens with zero attached hydrogens (tertiary/aromatic N) is 1. The summed E-state index contributed by atoms with van der Waals surface area (Å²) in [5.74, 6) is 0.211. The van der Waals surface area contributed by atoms with E-state index in [-0.39, 0.29) is 22.8 Å². The molecule has 0 aromatic heterocycles. The quantitative estimate of drug-likeness (QED) is 0.392. The lowest BCUT2D eigenvalue weighted by molar-refractivity contribution is -0.0159. The van der Waals surface area contributed by atoms with Crippen molar-refractivity contribution in [3.63, 3.8) is 0 Å². The molecule has 0 spiro atoms. The maximum atomic E-state index is 12.7. The van der Waals surface area contributed by atoms with Crippen LogP contribution in [-0.2, 0) is 21.5 Å². The Labute approximate surface area is 221 Å². The number of alkyl carbamates (subject to hydrolysis) is 2. The Bertz CT molecular complexity index is 1100. The zero-order valence-electron chi connectivity index (χ0n) is 21.8. The van der Waals surface area contributed by atoms with E-state index in [9.17, 15) is 14.7 Å². The van der Waals surface area contributed by atoms with Gasteiger partial charge in [0.15, 0.2) is 0 Å². The Kier molecular flexibility index (Phi) is 9.88. The molecule has 0 bridgehead atoms. The van der Waals surface area contributed by atoms with E-state index in [1.54, 1.807) is 33.2 Å². The molecule has 0 saturated carbocycles. The number of nitrogens with one attached hydrogen (secondary N) is 2. The van der Waals surface area contributed by atoms with Gasteiger partial charge in [-0.3, -0.25) is 4.99 Å². The van der Waals surface area contributed by atoms with Gasteiger partial charge in [-0.05, 0) is 50.6 Å². The Morgan fingerprint density at radius 2 is 1.68 bits per heavy atom. The van der Waals surface area contributed by atoms with Gasteiger partial charge in [-0.15, -0.1) is 10.5 Å². The van der Waals surface area contributed by atoms with Crippen molar-refractivity contribution in [3.05, 3.63) is 71.8 Å². The number of hydrogen-bond acceptors (Lipinski definition) is 6. The van der Waals surface area contributed by atoms with E-state index in [0.717, 1.165) is 5.56 Å². The zero-order valence-corrected chi connectivity index (χ0v) is 22.7. The minimum absolute atomic E-state index is 0.122. The van der Waals surface area contributed by atoms with Gasteiger partial charge in [-0.2, -0.15) is 0 Å². The molecule has 0 fully saturated rings. The van der Waals surface area contributed by atoms with Crippen molar-refractivity contribution in [1.29, 1.82) is 0 Å². The van der Waals surface area contributed by atoms with Crippen LogP contribution < -0.4 is 10.6 Å². The summed E-state index contributed by atoms with van der Waals surface area (Å²) in [5.41, 5.74) is 1.21. The summed E-state index contributed by atoms with van der Waals surface area (Å²) in [5, 5.41) is 19.8. The maximum Gasteiger partial charge on any atom is 0.408 e. The molecular formula is C28H37N3O5S. The molecule has 2 aromatic rings. The molecule has 2 aromatic carbocycles. The zero-order chi connectivity index (χ0) is 26.9. The van der Waals surface area contributed by atoms with E-state index >= 15 is 0 Å². The van der Waals surface area contributed by atoms with Crippen LogP contribution in [0.25, 0.3) is 0 Å².